The molecule has 456 valence electrons. The van der Waals surface area contributed by atoms with Gasteiger partial charge in [0.25, 0.3) is 0 Å². The van der Waals surface area contributed by atoms with Gasteiger partial charge in [-0.1, -0.05) is 95.2 Å². The molecule has 0 aliphatic heterocycles. The Morgan fingerprint density at radius 3 is 1.35 bits per heavy atom. The Labute approximate surface area is 508 Å². The summed E-state index contributed by atoms with van der Waals surface area (Å²) in [7, 11) is 0. The first-order valence-corrected chi connectivity index (χ1v) is 30.9. The Balaban J connectivity index is 0.000000486. The average molecular weight is 1140 g/mol. The molecule has 0 spiro atoms. The number of pyridine rings is 2. The van der Waals surface area contributed by atoms with Gasteiger partial charge in [0, 0.05) is 90.3 Å². The number of aryl methyl sites for hydroxylation is 18. The largest absolute Gasteiger partial charge is 0.323 e. The van der Waals surface area contributed by atoms with E-state index in [0.717, 1.165) is 11.3 Å². The van der Waals surface area contributed by atoms with Crippen molar-refractivity contribution < 1.29 is 0 Å². The molecule has 0 amide bonds. The minimum Gasteiger partial charge on any atom is -0.323 e. The molecular weight excluding hydrogens is 1030 g/mol. The average Bonchev–Trinajstić information content (AvgIpc) is 4.39. The van der Waals surface area contributed by atoms with Crippen molar-refractivity contribution in [2.24, 2.45) is 0 Å². The second kappa shape index (κ2) is 36.8. The van der Waals surface area contributed by atoms with E-state index in [1.54, 1.807) is 0 Å². The normalized spacial score (nSPS) is 9.79. The second-order valence-corrected chi connectivity index (χ2v) is 19.6. The zero-order chi connectivity index (χ0) is 64.3. The Morgan fingerprint density at radius 2 is 0.821 bits per heavy atom. The predicted molar refractivity (Wildman–Crippen MR) is 369 cm³/mol. The fraction of sp³-hybridized carbons (Fsp3) is 0.405. The van der Waals surface area contributed by atoms with Crippen molar-refractivity contribution in [1.82, 2.24) is 46.6 Å². The van der Waals surface area contributed by atoms with Crippen LogP contribution in [0.15, 0.2) is 123 Å². The summed E-state index contributed by atoms with van der Waals surface area (Å²) in [6.45, 7) is 62.3. The van der Waals surface area contributed by atoms with Gasteiger partial charge in [0.2, 0.25) is 0 Å². The maximum Gasteiger partial charge on any atom is 0.137 e. The molecule has 0 aliphatic rings. The van der Waals surface area contributed by atoms with Gasteiger partial charge in [0.05, 0.1) is 34.1 Å². The Kier molecular flexibility index (Phi) is 32.5. The maximum atomic E-state index is 4.29. The van der Waals surface area contributed by atoms with Gasteiger partial charge in [0.15, 0.2) is 0 Å². The number of aromatic nitrogens is 10. The molecule has 0 saturated heterocycles. The van der Waals surface area contributed by atoms with Crippen molar-refractivity contribution in [1.29, 1.82) is 0 Å². The molecule has 0 aromatic carbocycles. The quantitative estimate of drug-likeness (QED) is 0.152. The molecule has 84 heavy (non-hydrogen) atoms. The van der Waals surface area contributed by atoms with Gasteiger partial charge in [0.1, 0.15) is 5.65 Å². The van der Waals surface area contributed by atoms with Gasteiger partial charge < -0.3 is 22.0 Å². The Morgan fingerprint density at radius 1 is 0.345 bits per heavy atom. The van der Waals surface area contributed by atoms with Crippen LogP contribution >= 0.6 is 0 Å². The monoisotopic (exact) mass is 1140 g/mol. The maximum absolute atomic E-state index is 4.29. The smallest absolute Gasteiger partial charge is 0.137 e. The number of fused-ring (bicyclic) bond motifs is 6. The van der Waals surface area contributed by atoms with Gasteiger partial charge in [-0.2, -0.15) is 5.10 Å². The van der Waals surface area contributed by atoms with Crippen molar-refractivity contribution in [2.75, 3.05) is 0 Å². The predicted octanol–water partition coefficient (Wildman–Crippen LogP) is 20.9. The first-order valence-electron chi connectivity index (χ1n) is 30.9. The standard InChI is InChI=1S/2C11H13N.4C10H12N2.6C2H6/c1-8-7-11-6-4-5-9(2)12(11)10(8)3;1-8-5-4-6-12-7-9(2)10(3)11(8)12;1-7-4-11-6-12-5-8(2)9(3)10(7)12;1-7-6-12-5-4-11-9(3)10(12)8(7)2;1-7-6-10-11-5-4-8(2)12(10)9(7)3;1-7-4-5-11-12-6-8(2)9(3)10(7)12;6*1-2/h2*4-7H,1-3H3;4*4-6H,1-3H3;6*1-2H3. The van der Waals surface area contributed by atoms with E-state index in [2.05, 4.69) is 233 Å². The van der Waals surface area contributed by atoms with Crippen LogP contribution in [0.25, 0.3) is 33.2 Å². The van der Waals surface area contributed by atoms with Crippen LogP contribution in [0.2, 0.25) is 0 Å². The molecule has 0 atom stereocenters. The highest BCUT2D eigenvalue weighted by atomic mass is 15.2. The summed E-state index contributed by atoms with van der Waals surface area (Å²) >= 11 is 0. The van der Waals surface area contributed by atoms with Crippen LogP contribution in [-0.2, 0) is 0 Å². The summed E-state index contributed by atoms with van der Waals surface area (Å²) < 4.78 is 12.8. The lowest BCUT2D eigenvalue weighted by Crippen LogP contribution is -1.94. The van der Waals surface area contributed by atoms with Crippen LogP contribution in [0.3, 0.4) is 0 Å². The Bertz CT molecular complexity index is 3210. The molecule has 10 heteroatoms. The van der Waals surface area contributed by atoms with Crippen molar-refractivity contribution in [3.05, 3.63) is 224 Å². The van der Waals surface area contributed by atoms with Gasteiger partial charge in [-0.3, -0.25) is 4.98 Å². The zero-order valence-corrected chi connectivity index (χ0v) is 58.0. The minimum atomic E-state index is 1.05. The number of hydrogen-bond acceptors (Lipinski definition) is 4. The minimum absolute atomic E-state index is 1.05. The molecule has 12 aromatic rings. The van der Waals surface area contributed by atoms with Gasteiger partial charge in [-0.25, -0.2) is 14.5 Å². The third-order valence-corrected chi connectivity index (χ3v) is 14.5. The molecule has 12 aromatic heterocycles. The summed E-state index contributed by atoms with van der Waals surface area (Å²) in [4.78, 5) is 12.7. The molecule has 0 fully saturated rings. The van der Waals surface area contributed by atoms with Crippen molar-refractivity contribution >= 4 is 33.2 Å². The van der Waals surface area contributed by atoms with E-state index >= 15 is 0 Å². The lowest BCUT2D eigenvalue weighted by Gasteiger charge is -2.02. The summed E-state index contributed by atoms with van der Waals surface area (Å²) in [5.74, 6) is 0. The van der Waals surface area contributed by atoms with Crippen LogP contribution in [0.4, 0.5) is 0 Å². The summed E-state index contributed by atoms with van der Waals surface area (Å²) in [5.41, 5.74) is 31.0. The molecule has 0 N–H and O–H groups in total. The van der Waals surface area contributed by atoms with E-state index < -0.39 is 0 Å². The highest BCUT2D eigenvalue weighted by Crippen LogP contribution is 2.23. The zero-order valence-electron chi connectivity index (χ0n) is 58.0. The second-order valence-electron chi connectivity index (χ2n) is 19.6. The fourth-order valence-electron chi connectivity index (χ4n) is 9.78. The summed E-state index contributed by atoms with van der Waals surface area (Å²) in [6, 6.07) is 19.0. The third-order valence-electron chi connectivity index (χ3n) is 14.5. The van der Waals surface area contributed by atoms with E-state index in [-0.39, 0.29) is 0 Å². The van der Waals surface area contributed by atoms with Gasteiger partial charge in [-0.15, -0.1) is 0 Å². The third kappa shape index (κ3) is 18.1. The molecular formula is C74H110N10. The van der Waals surface area contributed by atoms with Crippen molar-refractivity contribution in [3.63, 3.8) is 0 Å². The number of nitrogens with zero attached hydrogens (tertiary/aromatic N) is 10. The van der Waals surface area contributed by atoms with Gasteiger partial charge in [-0.05, 0) is 239 Å². The molecule has 0 aliphatic carbocycles. The van der Waals surface area contributed by atoms with Gasteiger partial charge >= 0.3 is 0 Å². The van der Waals surface area contributed by atoms with Crippen LogP contribution in [-0.4, -0.2) is 46.6 Å². The SMILES string of the molecule is CC.CC.CC.CC.CC.CC.Cc1cc2cccc(C)n2c1C.Cc1cc2nccc(C)n2c1C.Cc1cn2cccc(C)c2c1C.Cc1cn2ccnc(C)c2c1C.Cc1cn2cncc(C)c2c1C.Cc1cn2nccc(C)c2c1C. The van der Waals surface area contributed by atoms with Crippen LogP contribution in [0.1, 0.15) is 184 Å². The van der Waals surface area contributed by atoms with E-state index in [9.17, 15) is 0 Å². The molecule has 0 unspecified atom stereocenters. The molecule has 0 radical (unpaired) electrons. The lowest BCUT2D eigenvalue weighted by molar-refractivity contribution is 0.930. The summed E-state index contributed by atoms with van der Waals surface area (Å²) in [6.07, 6.45) is 21.9. The molecule has 12 heterocycles. The van der Waals surface area contributed by atoms with Crippen molar-refractivity contribution in [2.45, 2.75) is 208 Å². The highest BCUT2D eigenvalue weighted by Gasteiger charge is 2.09. The topological polar surface area (TPSA) is 78.0 Å². The van der Waals surface area contributed by atoms with Crippen LogP contribution in [0, 0.1) is 125 Å². The fourth-order valence-corrected chi connectivity index (χ4v) is 9.78. The van der Waals surface area contributed by atoms with E-state index in [0.29, 0.717) is 0 Å². The van der Waals surface area contributed by atoms with E-state index in [1.807, 2.05) is 144 Å². The molecule has 0 saturated carbocycles. The molecule has 10 nitrogen and oxygen atoms in total. The van der Waals surface area contributed by atoms with Crippen LogP contribution in [0.5, 0.6) is 0 Å². The van der Waals surface area contributed by atoms with Crippen molar-refractivity contribution in [3.8, 4) is 0 Å². The first kappa shape index (κ1) is 74.3. The van der Waals surface area contributed by atoms with E-state index in [4.69, 9.17) is 0 Å². The van der Waals surface area contributed by atoms with Crippen LogP contribution < -0.4 is 0 Å². The summed E-state index contributed by atoms with van der Waals surface area (Å²) in [5, 5.41) is 4.24. The lowest BCUT2D eigenvalue weighted by atomic mass is 10.1. The number of hydrogen-bond donors (Lipinski definition) is 0. The highest BCUT2D eigenvalue weighted by molar-refractivity contribution is 5.65. The first-order chi connectivity index (χ1) is 40.2. The molecule has 0 bridgehead atoms. The molecule has 12 rings (SSSR count). The van der Waals surface area contributed by atoms with E-state index in [1.165, 1.54) is 123 Å². The number of rotatable bonds is 0. The Hall–Kier alpha value is -7.72.